The largest absolute Gasteiger partial charge is 0.497 e. The minimum absolute atomic E-state index is 0.000250. The molecule has 1 N–H and O–H groups in total. The fourth-order valence-corrected chi connectivity index (χ4v) is 2.88. The Morgan fingerprint density at radius 2 is 1.77 bits per heavy atom. The highest BCUT2D eigenvalue weighted by Gasteiger charge is 2.36. The number of anilines is 1. The second-order valence-corrected chi connectivity index (χ2v) is 5.64. The van der Waals surface area contributed by atoms with Crippen LogP contribution in [0.4, 0.5) is 5.69 Å². The predicted octanol–water partition coefficient (Wildman–Crippen LogP) is 2.95. The number of rotatable bonds is 6. The number of hydrogen-bond donors (Lipinski definition) is 1. The van der Waals surface area contributed by atoms with E-state index in [-0.39, 0.29) is 12.3 Å². The fourth-order valence-electron chi connectivity index (χ4n) is 2.88. The second-order valence-electron chi connectivity index (χ2n) is 5.64. The van der Waals surface area contributed by atoms with Crippen LogP contribution in [0.15, 0.2) is 36.4 Å². The number of hydrogen-bond acceptors (Lipinski definition) is 6. The summed E-state index contributed by atoms with van der Waals surface area (Å²) in [6.45, 7) is 0. The van der Waals surface area contributed by atoms with Gasteiger partial charge in [0.05, 0.1) is 27.8 Å². The van der Waals surface area contributed by atoms with E-state index in [9.17, 15) is 9.59 Å². The number of fused-ring (bicyclic) bond motifs is 1. The SMILES string of the molecule is COc1ccc(NC(=O)C[C@@H]2OC(=O)c3c2ccc(OC)c3OC)cc1. The monoisotopic (exact) mass is 357 g/mol. The van der Waals surface area contributed by atoms with Gasteiger partial charge in [-0.15, -0.1) is 0 Å². The Bertz CT molecular complexity index is 831. The fraction of sp³-hybridized carbons (Fsp3) is 0.263. The summed E-state index contributed by atoms with van der Waals surface area (Å²) in [5, 5.41) is 2.78. The number of esters is 1. The van der Waals surface area contributed by atoms with Crippen LogP contribution in [0, 0.1) is 0 Å². The molecule has 0 aromatic heterocycles. The molecular formula is C19H19NO6. The van der Waals surface area contributed by atoms with Gasteiger partial charge in [-0.2, -0.15) is 0 Å². The van der Waals surface area contributed by atoms with Gasteiger partial charge < -0.3 is 24.3 Å². The molecule has 1 amide bonds. The maximum atomic E-state index is 12.3. The second kappa shape index (κ2) is 7.35. The summed E-state index contributed by atoms with van der Waals surface area (Å²) in [5.41, 5.74) is 1.54. The molecule has 1 heterocycles. The van der Waals surface area contributed by atoms with Crippen LogP contribution in [0.25, 0.3) is 0 Å². The summed E-state index contributed by atoms with van der Waals surface area (Å²) in [4.78, 5) is 24.6. The highest BCUT2D eigenvalue weighted by molar-refractivity contribution is 5.99. The smallest absolute Gasteiger partial charge is 0.343 e. The number of cyclic esters (lactones) is 1. The molecule has 1 aliphatic rings. The Balaban J connectivity index is 1.76. The first kappa shape index (κ1) is 17.6. The van der Waals surface area contributed by atoms with Crippen LogP contribution in [0.5, 0.6) is 17.2 Å². The molecule has 2 aromatic carbocycles. The van der Waals surface area contributed by atoms with E-state index in [0.29, 0.717) is 34.1 Å². The number of ether oxygens (including phenoxy) is 4. The molecule has 0 radical (unpaired) electrons. The van der Waals surface area contributed by atoms with Crippen molar-refractivity contribution in [2.45, 2.75) is 12.5 Å². The van der Waals surface area contributed by atoms with Gasteiger partial charge in [0.1, 0.15) is 17.4 Å². The van der Waals surface area contributed by atoms with Crippen molar-refractivity contribution in [3.63, 3.8) is 0 Å². The van der Waals surface area contributed by atoms with Crippen molar-refractivity contribution in [2.75, 3.05) is 26.6 Å². The zero-order valence-corrected chi connectivity index (χ0v) is 14.7. The number of carbonyl (C=O) groups is 2. The molecular weight excluding hydrogens is 338 g/mol. The molecule has 0 aliphatic carbocycles. The molecule has 3 rings (SSSR count). The van der Waals surface area contributed by atoms with Gasteiger partial charge in [-0.3, -0.25) is 4.79 Å². The summed E-state index contributed by atoms with van der Waals surface area (Å²) >= 11 is 0. The predicted molar refractivity (Wildman–Crippen MR) is 93.9 cm³/mol. The number of nitrogens with one attached hydrogen (secondary N) is 1. The van der Waals surface area contributed by atoms with Gasteiger partial charge in [-0.25, -0.2) is 4.79 Å². The Hall–Kier alpha value is -3.22. The maximum absolute atomic E-state index is 12.3. The highest BCUT2D eigenvalue weighted by Crippen LogP contribution is 2.43. The van der Waals surface area contributed by atoms with E-state index >= 15 is 0 Å². The topological polar surface area (TPSA) is 83.1 Å². The molecule has 0 fully saturated rings. The van der Waals surface area contributed by atoms with Crippen LogP contribution in [0.1, 0.15) is 28.4 Å². The van der Waals surface area contributed by atoms with Gasteiger partial charge in [0.25, 0.3) is 0 Å². The standard InChI is InChI=1S/C19H19NO6/c1-23-12-6-4-11(5-7-12)20-16(21)10-15-13-8-9-14(24-2)18(25-3)17(13)19(22)26-15/h4-9,15H,10H2,1-3H3,(H,20,21)/t15-/m0/s1. The van der Waals surface area contributed by atoms with Gasteiger partial charge in [0, 0.05) is 11.3 Å². The molecule has 7 nitrogen and oxygen atoms in total. The van der Waals surface area contributed by atoms with Crippen molar-refractivity contribution in [2.24, 2.45) is 0 Å². The third-order valence-electron chi connectivity index (χ3n) is 4.12. The van der Waals surface area contributed by atoms with E-state index in [4.69, 9.17) is 18.9 Å². The molecule has 1 atom stereocenters. The van der Waals surface area contributed by atoms with Gasteiger partial charge >= 0.3 is 5.97 Å². The molecule has 0 bridgehead atoms. The Kier molecular flexibility index (Phi) is 4.97. The van der Waals surface area contributed by atoms with Crippen LogP contribution in [-0.2, 0) is 9.53 Å². The third-order valence-corrected chi connectivity index (χ3v) is 4.12. The molecule has 136 valence electrons. The Labute approximate surface area is 150 Å². The minimum atomic E-state index is -0.671. The van der Waals surface area contributed by atoms with Crippen LogP contribution < -0.4 is 19.5 Å². The van der Waals surface area contributed by atoms with Gasteiger partial charge in [0.2, 0.25) is 5.91 Å². The number of benzene rings is 2. The normalized spacial score (nSPS) is 15.0. The molecule has 26 heavy (non-hydrogen) atoms. The van der Waals surface area contributed by atoms with Crippen molar-refractivity contribution in [1.82, 2.24) is 0 Å². The first-order chi connectivity index (χ1) is 12.6. The molecule has 0 saturated heterocycles. The lowest BCUT2D eigenvalue weighted by Crippen LogP contribution is -2.15. The van der Waals surface area contributed by atoms with E-state index in [2.05, 4.69) is 5.32 Å². The molecule has 7 heteroatoms. The average Bonchev–Trinajstić information content (AvgIpc) is 2.97. The summed E-state index contributed by atoms with van der Waals surface area (Å²) in [6, 6.07) is 10.4. The van der Waals surface area contributed by atoms with Crippen LogP contribution in [0.2, 0.25) is 0 Å². The number of methoxy groups -OCH3 is 3. The molecule has 2 aromatic rings. The van der Waals surface area contributed by atoms with Crippen molar-refractivity contribution in [1.29, 1.82) is 0 Å². The Morgan fingerprint density at radius 3 is 2.38 bits per heavy atom. The first-order valence-electron chi connectivity index (χ1n) is 7.97. The van der Waals surface area contributed by atoms with Gasteiger partial charge in [-0.1, -0.05) is 6.07 Å². The third kappa shape index (κ3) is 3.28. The lowest BCUT2D eigenvalue weighted by Gasteiger charge is -2.12. The highest BCUT2D eigenvalue weighted by atomic mass is 16.6. The van der Waals surface area contributed by atoms with Crippen LogP contribution in [-0.4, -0.2) is 33.2 Å². The first-order valence-corrected chi connectivity index (χ1v) is 7.97. The van der Waals surface area contributed by atoms with E-state index < -0.39 is 12.1 Å². The lowest BCUT2D eigenvalue weighted by molar-refractivity contribution is -0.118. The van der Waals surface area contributed by atoms with E-state index in [0.717, 1.165) is 0 Å². The molecule has 0 saturated carbocycles. The van der Waals surface area contributed by atoms with Crippen LogP contribution >= 0.6 is 0 Å². The van der Waals surface area contributed by atoms with Crippen LogP contribution in [0.3, 0.4) is 0 Å². The zero-order chi connectivity index (χ0) is 18.7. The molecule has 0 unspecified atom stereocenters. The quantitative estimate of drug-likeness (QED) is 0.801. The van der Waals surface area contributed by atoms with E-state index in [1.165, 1.54) is 14.2 Å². The zero-order valence-electron chi connectivity index (χ0n) is 14.7. The maximum Gasteiger partial charge on any atom is 0.343 e. The summed E-state index contributed by atoms with van der Waals surface area (Å²) < 4.78 is 20.9. The molecule has 0 spiro atoms. The van der Waals surface area contributed by atoms with Gasteiger partial charge in [-0.05, 0) is 30.3 Å². The summed E-state index contributed by atoms with van der Waals surface area (Å²) in [5.74, 6) is 0.649. The number of amides is 1. The summed E-state index contributed by atoms with van der Waals surface area (Å²) in [6.07, 6.45) is -0.671. The lowest BCUT2D eigenvalue weighted by atomic mass is 10.0. The van der Waals surface area contributed by atoms with E-state index in [1.807, 2.05) is 0 Å². The van der Waals surface area contributed by atoms with Crippen molar-refractivity contribution in [3.05, 3.63) is 47.5 Å². The molecule has 1 aliphatic heterocycles. The van der Waals surface area contributed by atoms with Gasteiger partial charge in [0.15, 0.2) is 11.5 Å². The van der Waals surface area contributed by atoms with Crippen molar-refractivity contribution in [3.8, 4) is 17.2 Å². The average molecular weight is 357 g/mol. The van der Waals surface area contributed by atoms with E-state index in [1.54, 1.807) is 43.5 Å². The minimum Gasteiger partial charge on any atom is -0.497 e. The van der Waals surface area contributed by atoms with Crippen molar-refractivity contribution < 1.29 is 28.5 Å². The van der Waals surface area contributed by atoms with Crippen molar-refractivity contribution >= 4 is 17.6 Å². The Morgan fingerprint density at radius 1 is 1.04 bits per heavy atom. The summed E-state index contributed by atoms with van der Waals surface area (Å²) in [7, 11) is 4.52. The number of carbonyl (C=O) groups excluding carboxylic acids is 2.